The van der Waals surface area contributed by atoms with Gasteiger partial charge in [-0.3, -0.25) is 4.79 Å². The molecule has 1 aromatic carbocycles. The molecular formula is C13H16N4O. The predicted octanol–water partition coefficient (Wildman–Crippen LogP) is 1.37. The van der Waals surface area contributed by atoms with E-state index in [1.807, 2.05) is 0 Å². The van der Waals surface area contributed by atoms with Crippen molar-refractivity contribution in [3.05, 3.63) is 23.8 Å². The van der Waals surface area contributed by atoms with Crippen LogP contribution < -0.4 is 11.5 Å². The highest BCUT2D eigenvalue weighted by Crippen LogP contribution is 2.29. The van der Waals surface area contributed by atoms with Gasteiger partial charge < -0.3 is 16.4 Å². The SMILES string of the molecule is N#CCCN(C(=O)c1ccc(N)cc1N)C1CC1. The molecule has 0 spiro atoms. The Bertz CT molecular complexity index is 502. The number of anilines is 2. The van der Waals surface area contributed by atoms with Gasteiger partial charge in [0.1, 0.15) is 0 Å². The molecule has 18 heavy (non-hydrogen) atoms. The normalized spacial score (nSPS) is 13.9. The van der Waals surface area contributed by atoms with E-state index < -0.39 is 0 Å². The van der Waals surface area contributed by atoms with Crippen molar-refractivity contribution >= 4 is 17.3 Å². The number of nitrogen functional groups attached to an aromatic ring is 2. The summed E-state index contributed by atoms with van der Waals surface area (Å²) in [6, 6.07) is 7.23. The number of amides is 1. The maximum atomic E-state index is 12.4. The number of rotatable bonds is 4. The van der Waals surface area contributed by atoms with Gasteiger partial charge in [-0.25, -0.2) is 0 Å². The Labute approximate surface area is 106 Å². The molecule has 1 fully saturated rings. The minimum absolute atomic E-state index is 0.106. The predicted molar refractivity (Wildman–Crippen MR) is 69.6 cm³/mol. The lowest BCUT2D eigenvalue weighted by Crippen LogP contribution is -2.34. The van der Waals surface area contributed by atoms with Crippen LogP contribution in [0.4, 0.5) is 11.4 Å². The maximum Gasteiger partial charge on any atom is 0.256 e. The molecule has 0 bridgehead atoms. The summed E-state index contributed by atoms with van der Waals surface area (Å²) in [5.41, 5.74) is 12.8. The highest BCUT2D eigenvalue weighted by Gasteiger charge is 2.33. The lowest BCUT2D eigenvalue weighted by Gasteiger charge is -2.22. The molecule has 1 aromatic rings. The molecule has 0 heterocycles. The average Bonchev–Trinajstić information content (AvgIpc) is 3.13. The molecule has 0 atom stereocenters. The van der Waals surface area contributed by atoms with Gasteiger partial charge in [0, 0.05) is 24.0 Å². The molecule has 0 saturated heterocycles. The van der Waals surface area contributed by atoms with Gasteiger partial charge in [-0.05, 0) is 31.0 Å². The second kappa shape index (κ2) is 4.96. The molecule has 0 aromatic heterocycles. The molecule has 4 N–H and O–H groups in total. The largest absolute Gasteiger partial charge is 0.399 e. The fourth-order valence-electron chi connectivity index (χ4n) is 1.94. The summed E-state index contributed by atoms with van der Waals surface area (Å²) >= 11 is 0. The summed E-state index contributed by atoms with van der Waals surface area (Å²) in [5, 5.41) is 8.63. The zero-order chi connectivity index (χ0) is 13.1. The number of hydrogen-bond donors (Lipinski definition) is 2. The van der Waals surface area contributed by atoms with Gasteiger partial charge in [-0.1, -0.05) is 0 Å². The number of nitrogens with two attached hydrogens (primary N) is 2. The summed E-state index contributed by atoms with van der Waals surface area (Å²) in [6.07, 6.45) is 2.36. The van der Waals surface area contributed by atoms with Crippen LogP contribution >= 0.6 is 0 Å². The van der Waals surface area contributed by atoms with Gasteiger partial charge in [0.15, 0.2) is 0 Å². The lowest BCUT2D eigenvalue weighted by molar-refractivity contribution is 0.0748. The highest BCUT2D eigenvalue weighted by atomic mass is 16.2. The summed E-state index contributed by atoms with van der Waals surface area (Å²) in [7, 11) is 0. The Hall–Kier alpha value is -2.22. The molecule has 1 aliphatic carbocycles. The molecule has 5 heteroatoms. The Morgan fingerprint density at radius 1 is 1.44 bits per heavy atom. The van der Waals surface area contributed by atoms with Crippen LogP contribution in [0.3, 0.4) is 0 Å². The molecule has 5 nitrogen and oxygen atoms in total. The number of carbonyl (C=O) groups is 1. The molecule has 0 unspecified atom stereocenters. The van der Waals surface area contributed by atoms with E-state index in [0.717, 1.165) is 12.8 Å². The van der Waals surface area contributed by atoms with E-state index in [4.69, 9.17) is 16.7 Å². The minimum Gasteiger partial charge on any atom is -0.399 e. The first-order chi connectivity index (χ1) is 8.63. The Morgan fingerprint density at radius 3 is 2.72 bits per heavy atom. The summed E-state index contributed by atoms with van der Waals surface area (Å²) < 4.78 is 0. The van der Waals surface area contributed by atoms with Gasteiger partial charge in [0.25, 0.3) is 5.91 Å². The summed E-state index contributed by atoms with van der Waals surface area (Å²) in [6.45, 7) is 0.462. The maximum absolute atomic E-state index is 12.4. The van der Waals surface area contributed by atoms with Crippen molar-refractivity contribution in [1.29, 1.82) is 5.26 Å². The second-order valence-corrected chi connectivity index (χ2v) is 4.48. The van der Waals surface area contributed by atoms with Crippen LogP contribution in [0.5, 0.6) is 0 Å². The zero-order valence-electron chi connectivity index (χ0n) is 10.1. The van der Waals surface area contributed by atoms with Crippen molar-refractivity contribution in [1.82, 2.24) is 4.90 Å². The van der Waals surface area contributed by atoms with E-state index >= 15 is 0 Å². The van der Waals surface area contributed by atoms with Gasteiger partial charge >= 0.3 is 0 Å². The topological polar surface area (TPSA) is 96.1 Å². The zero-order valence-corrected chi connectivity index (χ0v) is 10.1. The smallest absolute Gasteiger partial charge is 0.256 e. The first-order valence-corrected chi connectivity index (χ1v) is 5.96. The van der Waals surface area contributed by atoms with Crippen molar-refractivity contribution in [2.75, 3.05) is 18.0 Å². The second-order valence-electron chi connectivity index (χ2n) is 4.48. The van der Waals surface area contributed by atoms with Crippen LogP contribution in [0.15, 0.2) is 18.2 Å². The van der Waals surface area contributed by atoms with Crippen LogP contribution in [0.1, 0.15) is 29.6 Å². The van der Waals surface area contributed by atoms with Gasteiger partial charge in [-0.2, -0.15) is 5.26 Å². The molecule has 2 rings (SSSR count). The molecule has 0 aliphatic heterocycles. The third-order valence-corrected chi connectivity index (χ3v) is 3.02. The van der Waals surface area contributed by atoms with E-state index in [2.05, 4.69) is 6.07 Å². The van der Waals surface area contributed by atoms with Crippen molar-refractivity contribution in [3.8, 4) is 6.07 Å². The number of hydrogen-bond acceptors (Lipinski definition) is 4. The molecule has 0 radical (unpaired) electrons. The molecule has 1 saturated carbocycles. The van der Waals surface area contributed by atoms with Crippen molar-refractivity contribution < 1.29 is 4.79 Å². The number of carbonyl (C=O) groups excluding carboxylic acids is 1. The Kier molecular flexibility index (Phi) is 3.38. The standard InChI is InChI=1S/C13H16N4O/c14-6-1-7-17(10-3-4-10)13(18)11-5-2-9(15)8-12(11)16/h2,5,8,10H,1,3-4,7,15-16H2. The lowest BCUT2D eigenvalue weighted by atomic mass is 10.1. The van der Waals surface area contributed by atoms with Crippen molar-refractivity contribution in [3.63, 3.8) is 0 Å². The van der Waals surface area contributed by atoms with E-state index in [1.54, 1.807) is 23.1 Å². The van der Waals surface area contributed by atoms with E-state index in [1.165, 1.54) is 0 Å². The third kappa shape index (κ3) is 2.54. The van der Waals surface area contributed by atoms with Crippen LogP contribution in [0.25, 0.3) is 0 Å². The molecular weight excluding hydrogens is 228 g/mol. The molecule has 94 valence electrons. The first-order valence-electron chi connectivity index (χ1n) is 5.96. The van der Waals surface area contributed by atoms with Crippen LogP contribution in [0, 0.1) is 11.3 Å². The van der Waals surface area contributed by atoms with Crippen LogP contribution in [0.2, 0.25) is 0 Å². The fourth-order valence-corrected chi connectivity index (χ4v) is 1.94. The van der Waals surface area contributed by atoms with Crippen molar-refractivity contribution in [2.24, 2.45) is 0 Å². The van der Waals surface area contributed by atoms with Gasteiger partial charge in [0.05, 0.1) is 18.1 Å². The average molecular weight is 244 g/mol. The summed E-state index contributed by atoms with van der Waals surface area (Å²) in [5.74, 6) is -0.106. The fraction of sp³-hybridized carbons (Fsp3) is 0.385. The molecule has 1 aliphatic rings. The number of nitriles is 1. The Balaban J connectivity index is 2.19. The van der Waals surface area contributed by atoms with E-state index in [0.29, 0.717) is 29.9 Å². The van der Waals surface area contributed by atoms with Crippen LogP contribution in [-0.2, 0) is 0 Å². The first kappa shape index (κ1) is 12.2. The number of nitrogens with zero attached hydrogens (tertiary/aromatic N) is 2. The van der Waals surface area contributed by atoms with Crippen LogP contribution in [-0.4, -0.2) is 23.4 Å². The monoisotopic (exact) mass is 244 g/mol. The third-order valence-electron chi connectivity index (χ3n) is 3.02. The quantitative estimate of drug-likeness (QED) is 0.782. The van der Waals surface area contributed by atoms with E-state index in [9.17, 15) is 4.79 Å². The van der Waals surface area contributed by atoms with Gasteiger partial charge in [-0.15, -0.1) is 0 Å². The highest BCUT2D eigenvalue weighted by molar-refractivity contribution is 6.00. The number of benzene rings is 1. The minimum atomic E-state index is -0.106. The summed E-state index contributed by atoms with van der Waals surface area (Å²) in [4.78, 5) is 14.1. The van der Waals surface area contributed by atoms with Gasteiger partial charge in [0.2, 0.25) is 0 Å². The van der Waals surface area contributed by atoms with E-state index in [-0.39, 0.29) is 11.9 Å². The Morgan fingerprint density at radius 2 is 2.17 bits per heavy atom. The molecule has 1 amide bonds. The van der Waals surface area contributed by atoms with Crippen molar-refractivity contribution in [2.45, 2.75) is 25.3 Å².